The quantitative estimate of drug-likeness (QED) is 0.494. The number of rotatable bonds is 0. The lowest BCUT2D eigenvalue weighted by molar-refractivity contribution is -0.894. The zero-order chi connectivity index (χ0) is 10.0. The average molecular weight is 174 g/mol. The Bertz CT molecular complexity index is 69.1. The van der Waals surface area contributed by atoms with Crippen LogP contribution in [-0.2, 0) is 0 Å². The Morgan fingerprint density at radius 1 is 0.667 bits per heavy atom. The van der Waals surface area contributed by atoms with Gasteiger partial charge in [0.15, 0.2) is 0 Å². The van der Waals surface area contributed by atoms with Crippen LogP contribution in [0.3, 0.4) is 0 Å². The summed E-state index contributed by atoms with van der Waals surface area (Å²) in [6, 6.07) is 0. The van der Waals surface area contributed by atoms with E-state index in [-0.39, 0.29) is 0 Å². The van der Waals surface area contributed by atoms with Gasteiger partial charge in [-0.05, 0) is 19.3 Å². The molecular formula is C11H28N+. The molecule has 1 fully saturated rings. The third-order valence-electron chi connectivity index (χ3n) is 2.03. The highest BCUT2D eigenvalue weighted by Crippen LogP contribution is 2.12. The molecule has 1 rings (SSSR count). The van der Waals surface area contributed by atoms with E-state index in [4.69, 9.17) is 0 Å². The predicted octanol–water partition coefficient (Wildman–Crippen LogP) is 3.30. The first-order valence-corrected chi connectivity index (χ1v) is 5.53. The van der Waals surface area contributed by atoms with Crippen molar-refractivity contribution in [3.8, 4) is 0 Å². The predicted molar refractivity (Wildman–Crippen MR) is 58.4 cm³/mol. The highest BCUT2D eigenvalue weighted by molar-refractivity contribution is 4.47. The van der Waals surface area contributed by atoms with E-state index < -0.39 is 0 Å². The van der Waals surface area contributed by atoms with E-state index in [1.54, 1.807) is 0 Å². The van der Waals surface area contributed by atoms with Crippen LogP contribution in [0.15, 0.2) is 0 Å². The van der Waals surface area contributed by atoms with Crippen LogP contribution in [-0.4, -0.2) is 31.7 Å². The summed E-state index contributed by atoms with van der Waals surface area (Å²) < 4.78 is 1.25. The van der Waals surface area contributed by atoms with Crippen LogP contribution in [0.4, 0.5) is 0 Å². The van der Waals surface area contributed by atoms with Gasteiger partial charge in [0.25, 0.3) is 0 Å². The Labute approximate surface area is 79.4 Å². The molecule has 0 aromatic heterocycles. The largest absolute Gasteiger partial charge is 0.328 e. The normalized spacial score (nSPS) is 19.5. The van der Waals surface area contributed by atoms with Crippen molar-refractivity contribution in [2.45, 2.75) is 47.0 Å². The molecule has 0 radical (unpaired) electrons. The number of quaternary nitrogens is 1. The average Bonchev–Trinajstić information content (AvgIpc) is 2.11. The van der Waals surface area contributed by atoms with Gasteiger partial charge in [-0.25, -0.2) is 0 Å². The molecule has 0 aromatic rings. The van der Waals surface area contributed by atoms with Gasteiger partial charge < -0.3 is 4.48 Å². The second-order valence-electron chi connectivity index (χ2n) is 3.44. The molecule has 1 heteroatoms. The first-order chi connectivity index (χ1) is 5.71. The summed E-state index contributed by atoms with van der Waals surface area (Å²) in [4.78, 5) is 0. The van der Waals surface area contributed by atoms with Gasteiger partial charge in [0, 0.05) is 0 Å². The molecule has 1 aliphatic rings. The second kappa shape index (κ2) is 9.05. The van der Waals surface area contributed by atoms with Crippen LogP contribution in [0.1, 0.15) is 47.0 Å². The standard InChI is InChI=1S/C7H16N.2C2H6/c1-8(2)6-4-3-5-7-8;2*1-2/h3-7H2,1-2H3;2*1-2H3/q+1;;. The fraction of sp³-hybridized carbons (Fsp3) is 1.00. The highest BCUT2D eigenvalue weighted by Gasteiger charge is 2.17. The van der Waals surface area contributed by atoms with E-state index in [0.29, 0.717) is 0 Å². The van der Waals surface area contributed by atoms with E-state index in [1.807, 2.05) is 27.7 Å². The summed E-state index contributed by atoms with van der Waals surface area (Å²) in [6.45, 7) is 10.8. The molecule has 76 valence electrons. The van der Waals surface area contributed by atoms with Crippen LogP contribution < -0.4 is 0 Å². The molecular weight excluding hydrogens is 146 g/mol. The smallest absolute Gasteiger partial charge is 0.0782 e. The van der Waals surface area contributed by atoms with Crippen LogP contribution in [0.25, 0.3) is 0 Å². The van der Waals surface area contributed by atoms with Crippen molar-refractivity contribution in [3.05, 3.63) is 0 Å². The van der Waals surface area contributed by atoms with E-state index in [9.17, 15) is 0 Å². The number of hydrogen-bond donors (Lipinski definition) is 0. The molecule has 1 heterocycles. The molecule has 1 nitrogen and oxygen atoms in total. The van der Waals surface area contributed by atoms with Gasteiger partial charge in [-0.1, -0.05) is 27.7 Å². The van der Waals surface area contributed by atoms with Crippen LogP contribution in [0, 0.1) is 0 Å². The molecule has 0 aliphatic carbocycles. The fourth-order valence-electron chi connectivity index (χ4n) is 1.37. The van der Waals surface area contributed by atoms with Crippen molar-refractivity contribution >= 4 is 0 Å². The van der Waals surface area contributed by atoms with Gasteiger partial charge >= 0.3 is 0 Å². The van der Waals surface area contributed by atoms with Gasteiger partial charge in [0.05, 0.1) is 27.2 Å². The first kappa shape index (κ1) is 14.5. The highest BCUT2D eigenvalue weighted by atomic mass is 15.3. The Kier molecular flexibility index (Phi) is 10.9. The summed E-state index contributed by atoms with van der Waals surface area (Å²) in [5.74, 6) is 0. The third kappa shape index (κ3) is 8.06. The Morgan fingerprint density at radius 3 is 1.17 bits per heavy atom. The van der Waals surface area contributed by atoms with E-state index in [0.717, 1.165) is 0 Å². The van der Waals surface area contributed by atoms with Crippen molar-refractivity contribution in [1.29, 1.82) is 0 Å². The van der Waals surface area contributed by atoms with Crippen LogP contribution >= 0.6 is 0 Å². The van der Waals surface area contributed by atoms with E-state index in [2.05, 4.69) is 14.1 Å². The van der Waals surface area contributed by atoms with Crippen LogP contribution in [0.5, 0.6) is 0 Å². The second-order valence-corrected chi connectivity index (χ2v) is 3.44. The number of likely N-dealkylation sites (tertiary alicyclic amines) is 1. The monoisotopic (exact) mass is 174 g/mol. The lowest BCUT2D eigenvalue weighted by atomic mass is 10.1. The summed E-state index contributed by atoms with van der Waals surface area (Å²) >= 11 is 0. The summed E-state index contributed by atoms with van der Waals surface area (Å²) in [7, 11) is 4.64. The molecule has 1 aliphatic heterocycles. The van der Waals surface area contributed by atoms with E-state index in [1.165, 1.54) is 36.8 Å². The zero-order valence-corrected chi connectivity index (χ0v) is 9.98. The van der Waals surface area contributed by atoms with Gasteiger partial charge in [-0.2, -0.15) is 0 Å². The Hall–Kier alpha value is -0.0400. The first-order valence-electron chi connectivity index (χ1n) is 5.53. The van der Waals surface area contributed by atoms with Gasteiger partial charge in [-0.15, -0.1) is 0 Å². The molecule has 0 spiro atoms. The van der Waals surface area contributed by atoms with Crippen molar-refractivity contribution in [2.75, 3.05) is 27.2 Å². The maximum absolute atomic E-state index is 2.32. The van der Waals surface area contributed by atoms with Crippen molar-refractivity contribution in [3.63, 3.8) is 0 Å². The third-order valence-corrected chi connectivity index (χ3v) is 2.03. The Balaban J connectivity index is 0. The number of piperidine rings is 1. The lowest BCUT2D eigenvalue weighted by Gasteiger charge is -2.33. The summed E-state index contributed by atoms with van der Waals surface area (Å²) in [5.41, 5.74) is 0. The lowest BCUT2D eigenvalue weighted by Crippen LogP contribution is -2.43. The molecule has 0 bridgehead atoms. The van der Waals surface area contributed by atoms with Crippen molar-refractivity contribution in [2.24, 2.45) is 0 Å². The van der Waals surface area contributed by atoms with Crippen molar-refractivity contribution in [1.82, 2.24) is 0 Å². The zero-order valence-electron chi connectivity index (χ0n) is 9.98. The molecule has 0 N–H and O–H groups in total. The molecule has 0 atom stereocenters. The molecule has 0 aromatic carbocycles. The van der Waals surface area contributed by atoms with Crippen molar-refractivity contribution < 1.29 is 4.48 Å². The van der Waals surface area contributed by atoms with Gasteiger partial charge in [0.2, 0.25) is 0 Å². The minimum atomic E-state index is 1.25. The Morgan fingerprint density at radius 2 is 1.00 bits per heavy atom. The maximum Gasteiger partial charge on any atom is 0.0782 e. The summed E-state index contributed by atoms with van der Waals surface area (Å²) in [6.07, 6.45) is 4.34. The fourth-order valence-corrected chi connectivity index (χ4v) is 1.37. The minimum absolute atomic E-state index is 1.25. The molecule has 0 amide bonds. The topological polar surface area (TPSA) is 0 Å². The minimum Gasteiger partial charge on any atom is -0.328 e. The number of nitrogens with zero attached hydrogens (tertiary/aromatic N) is 1. The number of hydrogen-bond acceptors (Lipinski definition) is 0. The molecule has 12 heavy (non-hydrogen) atoms. The maximum atomic E-state index is 2.32. The van der Waals surface area contributed by atoms with Gasteiger partial charge in [0.1, 0.15) is 0 Å². The SMILES string of the molecule is CC.CC.C[N+]1(C)CCCCC1. The molecule has 1 saturated heterocycles. The summed E-state index contributed by atoms with van der Waals surface area (Å²) in [5, 5.41) is 0. The van der Waals surface area contributed by atoms with Crippen LogP contribution in [0.2, 0.25) is 0 Å². The molecule has 0 unspecified atom stereocenters. The van der Waals surface area contributed by atoms with Gasteiger partial charge in [-0.3, -0.25) is 0 Å². The molecule has 0 saturated carbocycles. The van der Waals surface area contributed by atoms with E-state index >= 15 is 0 Å².